The molecule has 0 bridgehead atoms. The van der Waals surface area contributed by atoms with Gasteiger partial charge in [0, 0.05) is 10.3 Å². The Labute approximate surface area is 109 Å². The van der Waals surface area contributed by atoms with Crippen molar-refractivity contribution in [1.82, 2.24) is 0 Å². The summed E-state index contributed by atoms with van der Waals surface area (Å²) < 4.78 is 36.2. The number of alkyl halides is 3. The van der Waals surface area contributed by atoms with Crippen molar-refractivity contribution in [2.45, 2.75) is 12.6 Å². The second kappa shape index (κ2) is 5.58. The third-order valence-electron chi connectivity index (χ3n) is 1.67. The Kier molecular flexibility index (Phi) is 5.26. The summed E-state index contributed by atoms with van der Waals surface area (Å²) in [5, 5.41) is 18.1. The molecule has 0 amide bonds. The van der Waals surface area contributed by atoms with Crippen molar-refractivity contribution >= 4 is 42.1 Å². The van der Waals surface area contributed by atoms with Gasteiger partial charge in [-0.15, -0.1) is 11.3 Å². The van der Waals surface area contributed by atoms with Gasteiger partial charge < -0.3 is 10.2 Å². The van der Waals surface area contributed by atoms with Crippen LogP contribution in [-0.2, 0) is 6.42 Å². The van der Waals surface area contributed by atoms with Crippen molar-refractivity contribution in [3.63, 3.8) is 0 Å². The predicted octanol–water partition coefficient (Wildman–Crippen LogP) is 1.60. The number of halogens is 3. The number of carboxylic acid groups (broad SMARTS) is 2. The van der Waals surface area contributed by atoms with Gasteiger partial charge >= 0.3 is 37.0 Å². The van der Waals surface area contributed by atoms with Crippen LogP contribution in [0.5, 0.6) is 0 Å². The SMILES string of the molecule is O=C(O)c1csc(CC(F)(F)F)c1C(=O)O.[LiH]. The minimum absolute atomic E-state index is 0. The number of carbonyl (C=O) groups is 2. The molecule has 2 N–H and O–H groups in total. The zero-order valence-electron chi connectivity index (χ0n) is 7.54. The standard InChI is InChI=1S/C8H5F3O4S.Li.H/c9-8(10,11)1-4-5(7(14)15)3(2-16-4)6(12)13;;/h2H,1H2,(H,12,13)(H,14,15);;. The number of rotatable bonds is 3. The van der Waals surface area contributed by atoms with E-state index in [1.165, 1.54) is 0 Å². The normalized spacial score (nSPS) is 10.8. The van der Waals surface area contributed by atoms with Crippen LogP contribution in [0.1, 0.15) is 25.6 Å². The Morgan fingerprint density at radius 1 is 1.24 bits per heavy atom. The Balaban J connectivity index is 0.00000256. The van der Waals surface area contributed by atoms with Crippen molar-refractivity contribution in [1.29, 1.82) is 0 Å². The summed E-state index contributed by atoms with van der Waals surface area (Å²) in [5.74, 6) is -3.22. The molecular formula is C8H6F3LiO4S. The van der Waals surface area contributed by atoms with Gasteiger partial charge in [-0.25, -0.2) is 9.59 Å². The van der Waals surface area contributed by atoms with E-state index in [0.717, 1.165) is 5.38 Å². The van der Waals surface area contributed by atoms with Crippen LogP contribution in [0.15, 0.2) is 5.38 Å². The maximum atomic E-state index is 12.1. The van der Waals surface area contributed by atoms with Gasteiger partial charge in [-0.3, -0.25) is 0 Å². The maximum absolute atomic E-state index is 12.1. The summed E-state index contributed by atoms with van der Waals surface area (Å²) in [7, 11) is 0. The van der Waals surface area contributed by atoms with Gasteiger partial charge in [0.1, 0.15) is 0 Å². The Morgan fingerprint density at radius 2 is 1.76 bits per heavy atom. The predicted molar refractivity (Wildman–Crippen MR) is 55.1 cm³/mol. The van der Waals surface area contributed by atoms with E-state index in [2.05, 4.69) is 0 Å². The van der Waals surface area contributed by atoms with Gasteiger partial charge in [0.25, 0.3) is 0 Å². The Hall–Kier alpha value is -0.973. The first-order valence-corrected chi connectivity index (χ1v) is 4.74. The fraction of sp³-hybridized carbons (Fsp3) is 0.250. The number of hydrogen-bond acceptors (Lipinski definition) is 3. The van der Waals surface area contributed by atoms with E-state index in [9.17, 15) is 22.8 Å². The molecule has 0 fully saturated rings. The number of hydrogen-bond donors (Lipinski definition) is 2. The third-order valence-corrected chi connectivity index (χ3v) is 2.66. The fourth-order valence-corrected chi connectivity index (χ4v) is 2.14. The van der Waals surface area contributed by atoms with Crippen molar-refractivity contribution in [2.75, 3.05) is 0 Å². The molecule has 0 radical (unpaired) electrons. The second-order valence-electron chi connectivity index (χ2n) is 2.85. The van der Waals surface area contributed by atoms with E-state index >= 15 is 0 Å². The van der Waals surface area contributed by atoms with Gasteiger partial charge in [0.15, 0.2) is 0 Å². The Bertz CT molecular complexity index is 440. The summed E-state index contributed by atoms with van der Waals surface area (Å²) in [4.78, 5) is 20.7. The molecule has 1 heterocycles. The Morgan fingerprint density at radius 3 is 2.12 bits per heavy atom. The molecule has 9 heteroatoms. The van der Waals surface area contributed by atoms with Crippen LogP contribution < -0.4 is 0 Å². The van der Waals surface area contributed by atoms with Gasteiger partial charge in [-0.2, -0.15) is 13.2 Å². The molecular weight excluding hydrogens is 256 g/mol. The molecule has 0 aromatic carbocycles. The van der Waals surface area contributed by atoms with Crippen LogP contribution in [-0.4, -0.2) is 47.2 Å². The molecule has 1 aromatic heterocycles. The first-order chi connectivity index (χ1) is 7.22. The molecule has 0 aliphatic rings. The molecule has 17 heavy (non-hydrogen) atoms. The van der Waals surface area contributed by atoms with Crippen LogP contribution >= 0.6 is 11.3 Å². The van der Waals surface area contributed by atoms with Crippen molar-refractivity contribution < 1.29 is 33.0 Å². The molecule has 90 valence electrons. The van der Waals surface area contributed by atoms with E-state index in [-0.39, 0.29) is 18.9 Å². The monoisotopic (exact) mass is 262 g/mol. The summed E-state index contributed by atoms with van der Waals surface area (Å²) in [6.45, 7) is 0. The molecule has 0 saturated heterocycles. The molecule has 0 aliphatic carbocycles. The molecule has 0 saturated carbocycles. The molecule has 4 nitrogen and oxygen atoms in total. The van der Waals surface area contributed by atoms with Crippen molar-refractivity contribution in [2.24, 2.45) is 0 Å². The van der Waals surface area contributed by atoms with Crippen LogP contribution in [0.3, 0.4) is 0 Å². The second-order valence-corrected chi connectivity index (χ2v) is 3.81. The average Bonchev–Trinajstić information content (AvgIpc) is 2.44. The van der Waals surface area contributed by atoms with Crippen molar-refractivity contribution in [3.05, 3.63) is 21.4 Å². The van der Waals surface area contributed by atoms with Crippen molar-refractivity contribution in [3.8, 4) is 0 Å². The molecule has 0 unspecified atom stereocenters. The van der Waals surface area contributed by atoms with Crippen LogP contribution in [0.4, 0.5) is 13.2 Å². The van der Waals surface area contributed by atoms with Gasteiger partial charge in [0.2, 0.25) is 0 Å². The topological polar surface area (TPSA) is 74.6 Å². The first-order valence-electron chi connectivity index (χ1n) is 3.86. The zero-order chi connectivity index (χ0) is 12.5. The van der Waals surface area contributed by atoms with E-state index < -0.39 is 40.5 Å². The number of thiophene rings is 1. The minimum atomic E-state index is -4.56. The van der Waals surface area contributed by atoms with E-state index in [1.54, 1.807) is 0 Å². The summed E-state index contributed by atoms with van der Waals surface area (Å²) >= 11 is 0.478. The summed E-state index contributed by atoms with van der Waals surface area (Å²) in [6.07, 6.45) is -6.00. The first kappa shape index (κ1) is 16.0. The van der Waals surface area contributed by atoms with Crippen LogP contribution in [0.25, 0.3) is 0 Å². The molecule has 0 atom stereocenters. The van der Waals surface area contributed by atoms with E-state index in [0.29, 0.717) is 11.3 Å². The molecule has 1 aromatic rings. The molecule has 1 rings (SSSR count). The number of aromatic carboxylic acids is 2. The van der Waals surface area contributed by atoms with Gasteiger partial charge in [-0.1, -0.05) is 0 Å². The zero-order valence-corrected chi connectivity index (χ0v) is 8.35. The summed E-state index contributed by atoms with van der Waals surface area (Å²) in [6, 6.07) is 0. The fourth-order valence-electron chi connectivity index (χ4n) is 1.10. The van der Waals surface area contributed by atoms with Crippen LogP contribution in [0, 0.1) is 0 Å². The molecule has 0 aliphatic heterocycles. The van der Waals surface area contributed by atoms with Gasteiger partial charge in [0.05, 0.1) is 17.5 Å². The quantitative estimate of drug-likeness (QED) is 0.811. The van der Waals surface area contributed by atoms with E-state index in [1.807, 2.05) is 0 Å². The van der Waals surface area contributed by atoms with E-state index in [4.69, 9.17) is 10.2 Å². The van der Waals surface area contributed by atoms with Gasteiger partial charge in [-0.05, 0) is 0 Å². The van der Waals surface area contributed by atoms with Crippen LogP contribution in [0.2, 0.25) is 0 Å². The number of carboxylic acids is 2. The molecule has 0 spiro atoms. The third kappa shape index (κ3) is 4.07. The summed E-state index contributed by atoms with van der Waals surface area (Å²) in [5.41, 5.74) is -1.40. The average molecular weight is 262 g/mol.